The molecule has 1 heterocycles. The maximum Gasteiger partial charge on any atom is 0.338 e. The van der Waals surface area contributed by atoms with Gasteiger partial charge < -0.3 is 15.0 Å². The van der Waals surface area contributed by atoms with Crippen LogP contribution in [0.25, 0.3) is 0 Å². The van der Waals surface area contributed by atoms with Crippen LogP contribution < -0.4 is 15.1 Å². The van der Waals surface area contributed by atoms with Gasteiger partial charge in [0.05, 0.1) is 18.7 Å². The van der Waals surface area contributed by atoms with Crippen molar-refractivity contribution in [2.24, 2.45) is 0 Å². The van der Waals surface area contributed by atoms with Crippen LogP contribution in [0.15, 0.2) is 24.3 Å². The Kier molecular flexibility index (Phi) is 4.92. The average Bonchev–Trinajstić information content (AvgIpc) is 2.48. The van der Waals surface area contributed by atoms with Crippen LogP contribution in [-0.2, 0) is 4.74 Å². The second-order valence-electron chi connectivity index (χ2n) is 4.62. The number of quaternary nitrogens is 1. The Hall–Kier alpha value is -1.66. The molecular weight excluding hydrogens is 274 g/mol. The number of esters is 1. The van der Waals surface area contributed by atoms with Crippen LogP contribution in [0.3, 0.4) is 0 Å². The second kappa shape index (κ2) is 6.67. The number of carbonyl (C=O) groups excluding carboxylic acids is 1. The molecule has 0 radical (unpaired) electrons. The third kappa shape index (κ3) is 3.26. The van der Waals surface area contributed by atoms with Crippen LogP contribution in [0.4, 0.5) is 5.69 Å². The summed E-state index contributed by atoms with van der Waals surface area (Å²) in [7, 11) is 0. The zero-order chi connectivity index (χ0) is 14.5. The molecule has 1 aromatic rings. The zero-order valence-electron chi connectivity index (χ0n) is 11.8. The summed E-state index contributed by atoms with van der Waals surface area (Å²) < 4.78 is 4.97. The lowest BCUT2D eigenvalue weighted by atomic mass is 10.2. The fraction of sp³-hybridized carbons (Fsp3) is 0.429. The molecule has 0 saturated carbocycles. The van der Waals surface area contributed by atoms with Crippen molar-refractivity contribution in [1.82, 2.24) is 5.32 Å². The zero-order valence-corrected chi connectivity index (χ0v) is 12.6. The molecule has 0 aliphatic carbocycles. The fourth-order valence-corrected chi connectivity index (χ4v) is 2.33. The summed E-state index contributed by atoms with van der Waals surface area (Å²) in [6.07, 6.45) is 0. The molecule has 1 saturated heterocycles. The van der Waals surface area contributed by atoms with E-state index in [4.69, 9.17) is 17.0 Å². The predicted octanol–water partition coefficient (Wildman–Crippen LogP) is 0.378. The number of anilines is 1. The topological polar surface area (TPSA) is 46.0 Å². The maximum absolute atomic E-state index is 11.6. The van der Waals surface area contributed by atoms with E-state index in [1.54, 1.807) is 19.1 Å². The van der Waals surface area contributed by atoms with E-state index in [-0.39, 0.29) is 5.97 Å². The molecule has 6 heteroatoms. The van der Waals surface area contributed by atoms with E-state index < -0.39 is 0 Å². The van der Waals surface area contributed by atoms with E-state index in [1.165, 1.54) is 4.90 Å². The van der Waals surface area contributed by atoms with Crippen LogP contribution in [0, 0.1) is 0 Å². The number of thiocarbonyl (C=S) groups is 1. The number of hydrogen-bond donors (Lipinski definition) is 2. The molecule has 0 bridgehead atoms. The number of nitrogens with one attached hydrogen (secondary N) is 2. The molecule has 1 aliphatic heterocycles. The molecule has 5 nitrogen and oxygen atoms in total. The van der Waals surface area contributed by atoms with Gasteiger partial charge in [0, 0.05) is 5.69 Å². The van der Waals surface area contributed by atoms with E-state index in [2.05, 4.69) is 12.2 Å². The fourth-order valence-electron chi connectivity index (χ4n) is 2.08. The third-order valence-electron chi connectivity index (χ3n) is 3.31. The van der Waals surface area contributed by atoms with Crippen molar-refractivity contribution in [3.8, 4) is 0 Å². The Balaban J connectivity index is 2.12. The number of carbonyl (C=O) groups is 1. The van der Waals surface area contributed by atoms with E-state index in [9.17, 15) is 4.79 Å². The Labute approximate surface area is 124 Å². The highest BCUT2D eigenvalue weighted by Gasteiger charge is 2.23. The lowest BCUT2D eigenvalue weighted by Crippen LogP contribution is -3.17. The van der Waals surface area contributed by atoms with Crippen LogP contribution in [0.2, 0.25) is 0 Å². The SMILES string of the molecule is CCOC(=O)c1ccc(N2C[NH+](CC)CNC2=S)cc1. The molecule has 0 amide bonds. The van der Waals surface area contributed by atoms with Gasteiger partial charge in [-0.3, -0.25) is 4.90 Å². The van der Waals surface area contributed by atoms with Gasteiger partial charge in [-0.15, -0.1) is 0 Å². The van der Waals surface area contributed by atoms with E-state index in [0.717, 1.165) is 30.7 Å². The average molecular weight is 294 g/mol. The van der Waals surface area contributed by atoms with Crippen molar-refractivity contribution < 1.29 is 14.4 Å². The largest absolute Gasteiger partial charge is 0.462 e. The van der Waals surface area contributed by atoms with Gasteiger partial charge in [0.2, 0.25) is 0 Å². The van der Waals surface area contributed by atoms with Gasteiger partial charge in [0.25, 0.3) is 0 Å². The van der Waals surface area contributed by atoms with Gasteiger partial charge in [0.15, 0.2) is 18.4 Å². The Morgan fingerprint density at radius 1 is 1.40 bits per heavy atom. The van der Waals surface area contributed by atoms with Crippen molar-refractivity contribution in [1.29, 1.82) is 0 Å². The van der Waals surface area contributed by atoms with E-state index in [0.29, 0.717) is 12.2 Å². The molecule has 1 aliphatic rings. The summed E-state index contributed by atoms with van der Waals surface area (Å²) in [6.45, 7) is 7.05. The second-order valence-corrected chi connectivity index (χ2v) is 5.00. The smallest absolute Gasteiger partial charge is 0.338 e. The van der Waals surface area contributed by atoms with Gasteiger partial charge in [-0.25, -0.2) is 4.79 Å². The molecule has 2 N–H and O–H groups in total. The quantitative estimate of drug-likeness (QED) is 0.621. The molecule has 20 heavy (non-hydrogen) atoms. The first-order chi connectivity index (χ1) is 9.65. The molecule has 2 rings (SSSR count). The molecule has 1 aromatic carbocycles. The minimum atomic E-state index is -0.292. The van der Waals surface area contributed by atoms with Crippen molar-refractivity contribution in [3.63, 3.8) is 0 Å². The number of hydrogen-bond acceptors (Lipinski definition) is 3. The van der Waals surface area contributed by atoms with Gasteiger partial charge in [-0.05, 0) is 50.3 Å². The van der Waals surface area contributed by atoms with Gasteiger partial charge in [0.1, 0.15) is 0 Å². The van der Waals surface area contributed by atoms with Crippen LogP contribution in [-0.4, -0.2) is 37.6 Å². The Morgan fingerprint density at radius 2 is 2.10 bits per heavy atom. The highest BCUT2D eigenvalue weighted by Crippen LogP contribution is 2.16. The summed E-state index contributed by atoms with van der Waals surface area (Å²) in [5.41, 5.74) is 1.55. The summed E-state index contributed by atoms with van der Waals surface area (Å²) in [6, 6.07) is 7.35. The van der Waals surface area contributed by atoms with E-state index in [1.807, 2.05) is 17.0 Å². The summed E-state index contributed by atoms with van der Waals surface area (Å²) in [4.78, 5) is 15.1. The molecule has 1 unspecified atom stereocenters. The molecular formula is C14H20N3O2S+. The van der Waals surface area contributed by atoms with Gasteiger partial charge in [-0.2, -0.15) is 0 Å². The van der Waals surface area contributed by atoms with Crippen LogP contribution in [0.5, 0.6) is 0 Å². The maximum atomic E-state index is 11.6. The highest BCUT2D eigenvalue weighted by molar-refractivity contribution is 7.80. The Morgan fingerprint density at radius 3 is 2.70 bits per heavy atom. The number of ether oxygens (including phenoxy) is 1. The first kappa shape index (κ1) is 14.7. The normalized spacial score (nSPS) is 18.6. The number of benzene rings is 1. The van der Waals surface area contributed by atoms with Crippen molar-refractivity contribution in [2.75, 3.05) is 31.4 Å². The minimum absolute atomic E-state index is 0.292. The standard InChI is InChI=1S/C14H19N3O2S/c1-3-16-9-15-14(20)17(10-16)12-7-5-11(6-8-12)13(18)19-4-2/h5-8H,3-4,9-10H2,1-2H3,(H,15,20)/p+1. The summed E-state index contributed by atoms with van der Waals surface area (Å²) in [5.74, 6) is -0.292. The lowest BCUT2D eigenvalue weighted by molar-refractivity contribution is -0.901. The predicted molar refractivity (Wildman–Crippen MR) is 81.8 cm³/mol. The van der Waals surface area contributed by atoms with E-state index >= 15 is 0 Å². The number of nitrogens with zero attached hydrogens (tertiary/aromatic N) is 1. The van der Waals surface area contributed by atoms with Crippen LogP contribution >= 0.6 is 12.2 Å². The molecule has 108 valence electrons. The highest BCUT2D eigenvalue weighted by atomic mass is 32.1. The third-order valence-corrected chi connectivity index (χ3v) is 3.67. The lowest BCUT2D eigenvalue weighted by Gasteiger charge is -2.34. The first-order valence-corrected chi connectivity index (χ1v) is 7.22. The molecule has 0 spiro atoms. The van der Waals surface area contributed by atoms with Crippen molar-refractivity contribution in [3.05, 3.63) is 29.8 Å². The van der Waals surface area contributed by atoms with Gasteiger partial charge >= 0.3 is 5.97 Å². The Bertz CT molecular complexity index is 490. The van der Waals surface area contributed by atoms with Crippen molar-refractivity contribution in [2.45, 2.75) is 13.8 Å². The summed E-state index contributed by atoms with van der Waals surface area (Å²) >= 11 is 5.35. The van der Waals surface area contributed by atoms with Crippen LogP contribution in [0.1, 0.15) is 24.2 Å². The molecule has 1 fully saturated rings. The molecule has 1 atom stereocenters. The van der Waals surface area contributed by atoms with Crippen molar-refractivity contribution >= 4 is 29.0 Å². The number of rotatable bonds is 4. The minimum Gasteiger partial charge on any atom is -0.462 e. The monoisotopic (exact) mass is 294 g/mol. The molecule has 0 aromatic heterocycles. The first-order valence-electron chi connectivity index (χ1n) is 6.81. The summed E-state index contributed by atoms with van der Waals surface area (Å²) in [5, 5.41) is 3.95. The van der Waals surface area contributed by atoms with Gasteiger partial charge in [-0.1, -0.05) is 0 Å².